The quantitative estimate of drug-likeness (QED) is 0.834. The lowest BCUT2D eigenvalue weighted by Gasteiger charge is -2.27. The lowest BCUT2D eigenvalue weighted by atomic mass is 10.0. The molecule has 0 amide bonds. The molecule has 2 N–H and O–H groups in total. The molecule has 2 nitrogen and oxygen atoms in total. The molecule has 1 aliphatic carbocycles. The van der Waals surface area contributed by atoms with E-state index in [9.17, 15) is 0 Å². The zero-order valence-electron chi connectivity index (χ0n) is 11.9. The van der Waals surface area contributed by atoms with E-state index in [4.69, 9.17) is 5.73 Å². The summed E-state index contributed by atoms with van der Waals surface area (Å²) in [4.78, 5) is 2.59. The van der Waals surface area contributed by atoms with Crippen LogP contribution < -0.4 is 10.6 Å². The van der Waals surface area contributed by atoms with Crippen LogP contribution in [0.3, 0.4) is 0 Å². The molecule has 0 saturated heterocycles. The van der Waals surface area contributed by atoms with Gasteiger partial charge < -0.3 is 10.6 Å². The van der Waals surface area contributed by atoms with Crippen LogP contribution in [0, 0.1) is 6.92 Å². The third-order valence-corrected chi connectivity index (χ3v) is 3.54. The van der Waals surface area contributed by atoms with Gasteiger partial charge in [0.25, 0.3) is 0 Å². The Morgan fingerprint density at radius 3 is 2.67 bits per heavy atom. The van der Waals surface area contributed by atoms with Gasteiger partial charge in [0.2, 0.25) is 0 Å². The highest BCUT2D eigenvalue weighted by Gasteiger charge is 2.29. The maximum absolute atomic E-state index is 5.99. The number of hydrogen-bond acceptors (Lipinski definition) is 2. The fraction of sp³-hybridized carbons (Fsp3) is 0.625. The monoisotopic (exact) mass is 246 g/mol. The van der Waals surface area contributed by atoms with Crippen molar-refractivity contribution in [3.63, 3.8) is 0 Å². The Bertz CT molecular complexity index is 394. The van der Waals surface area contributed by atoms with Crippen LogP contribution in [-0.2, 0) is 6.42 Å². The molecule has 0 aliphatic heterocycles. The first kappa shape index (κ1) is 13.4. The van der Waals surface area contributed by atoms with Gasteiger partial charge in [-0.1, -0.05) is 24.6 Å². The van der Waals surface area contributed by atoms with Gasteiger partial charge in [-0.15, -0.1) is 0 Å². The minimum Gasteiger partial charge on any atom is -0.368 e. The predicted octanol–water partition coefficient (Wildman–Crippen LogP) is 3.26. The first-order valence-electron chi connectivity index (χ1n) is 7.23. The van der Waals surface area contributed by atoms with Gasteiger partial charge in [-0.3, -0.25) is 0 Å². The summed E-state index contributed by atoms with van der Waals surface area (Å²) >= 11 is 0. The van der Waals surface area contributed by atoms with Crippen LogP contribution in [0.1, 0.15) is 44.2 Å². The molecule has 1 atom stereocenters. The molecule has 0 spiro atoms. The molecular weight excluding hydrogens is 220 g/mol. The molecule has 1 aliphatic rings. The topological polar surface area (TPSA) is 29.3 Å². The molecule has 1 unspecified atom stereocenters. The highest BCUT2D eigenvalue weighted by atomic mass is 15.2. The number of rotatable bonds is 6. The molecule has 1 aromatic carbocycles. The van der Waals surface area contributed by atoms with Crippen molar-refractivity contribution in [3.05, 3.63) is 29.3 Å². The van der Waals surface area contributed by atoms with Crippen molar-refractivity contribution in [1.29, 1.82) is 0 Å². The molecule has 1 fully saturated rings. The van der Waals surface area contributed by atoms with E-state index in [1.54, 1.807) is 0 Å². The highest BCUT2D eigenvalue weighted by Crippen LogP contribution is 2.34. The van der Waals surface area contributed by atoms with E-state index in [0.717, 1.165) is 12.5 Å². The third-order valence-electron chi connectivity index (χ3n) is 3.54. The normalized spacial score (nSPS) is 16.7. The number of nitrogens with two attached hydrogens (primary N) is 1. The average Bonchev–Trinajstić information content (AvgIpc) is 3.10. The van der Waals surface area contributed by atoms with Crippen LogP contribution in [0.2, 0.25) is 0 Å². The van der Waals surface area contributed by atoms with Gasteiger partial charge >= 0.3 is 0 Å². The Labute approximate surface area is 111 Å². The van der Waals surface area contributed by atoms with E-state index < -0.39 is 0 Å². The Kier molecular flexibility index (Phi) is 4.28. The molecule has 1 aromatic rings. The zero-order valence-corrected chi connectivity index (χ0v) is 11.9. The van der Waals surface area contributed by atoms with Crippen molar-refractivity contribution in [1.82, 2.24) is 0 Å². The second-order valence-electron chi connectivity index (χ2n) is 5.74. The van der Waals surface area contributed by atoms with E-state index in [1.807, 2.05) is 0 Å². The van der Waals surface area contributed by atoms with Gasteiger partial charge in [0.15, 0.2) is 0 Å². The molecule has 0 heterocycles. The number of nitrogens with zero attached hydrogens (tertiary/aromatic N) is 1. The van der Waals surface area contributed by atoms with Crippen molar-refractivity contribution in [2.45, 2.75) is 58.5 Å². The van der Waals surface area contributed by atoms with E-state index in [0.29, 0.717) is 0 Å². The highest BCUT2D eigenvalue weighted by molar-refractivity contribution is 5.57. The molecule has 0 bridgehead atoms. The Morgan fingerprint density at radius 2 is 2.11 bits per heavy atom. The summed E-state index contributed by atoms with van der Waals surface area (Å²) in [5.74, 6) is 0. The lowest BCUT2D eigenvalue weighted by Crippen LogP contribution is -2.28. The molecule has 2 heteroatoms. The fourth-order valence-corrected chi connectivity index (χ4v) is 2.63. The van der Waals surface area contributed by atoms with Crippen molar-refractivity contribution in [2.24, 2.45) is 5.73 Å². The molecule has 0 aromatic heterocycles. The van der Waals surface area contributed by atoms with Gasteiger partial charge in [0, 0.05) is 24.3 Å². The molecule has 100 valence electrons. The SMILES string of the molecule is CCCN(c1ccc(C)cc1CC(C)N)C1CC1. The fourth-order valence-electron chi connectivity index (χ4n) is 2.63. The molecular formula is C16H26N2. The van der Waals surface area contributed by atoms with Crippen molar-refractivity contribution in [3.8, 4) is 0 Å². The minimum absolute atomic E-state index is 0.230. The maximum Gasteiger partial charge on any atom is 0.0402 e. The summed E-state index contributed by atoms with van der Waals surface area (Å²) in [7, 11) is 0. The first-order chi connectivity index (χ1) is 8.61. The smallest absolute Gasteiger partial charge is 0.0402 e. The number of benzene rings is 1. The van der Waals surface area contributed by atoms with E-state index >= 15 is 0 Å². The van der Waals surface area contributed by atoms with E-state index in [1.165, 1.54) is 42.6 Å². The molecule has 1 saturated carbocycles. The van der Waals surface area contributed by atoms with Gasteiger partial charge in [-0.25, -0.2) is 0 Å². The summed E-state index contributed by atoms with van der Waals surface area (Å²) in [6.45, 7) is 7.68. The second-order valence-corrected chi connectivity index (χ2v) is 5.74. The Balaban J connectivity index is 2.28. The summed E-state index contributed by atoms with van der Waals surface area (Å²) < 4.78 is 0. The van der Waals surface area contributed by atoms with Crippen LogP contribution in [0.25, 0.3) is 0 Å². The van der Waals surface area contributed by atoms with E-state index in [-0.39, 0.29) is 6.04 Å². The van der Waals surface area contributed by atoms with Crippen molar-refractivity contribution < 1.29 is 0 Å². The maximum atomic E-state index is 5.99. The summed E-state index contributed by atoms with van der Waals surface area (Å²) in [6.07, 6.45) is 4.89. The average molecular weight is 246 g/mol. The lowest BCUT2D eigenvalue weighted by molar-refractivity contribution is 0.718. The van der Waals surface area contributed by atoms with Gasteiger partial charge in [0.05, 0.1) is 0 Å². The Hall–Kier alpha value is -1.02. The predicted molar refractivity (Wildman–Crippen MR) is 79.2 cm³/mol. The molecule has 0 radical (unpaired) electrons. The first-order valence-corrected chi connectivity index (χ1v) is 7.23. The van der Waals surface area contributed by atoms with Gasteiger partial charge in [-0.05, 0) is 51.2 Å². The molecule has 2 rings (SSSR count). The summed E-state index contributed by atoms with van der Waals surface area (Å²) in [5, 5.41) is 0. The zero-order chi connectivity index (χ0) is 13.1. The summed E-state index contributed by atoms with van der Waals surface area (Å²) in [5.41, 5.74) is 10.2. The van der Waals surface area contributed by atoms with Crippen LogP contribution in [0.5, 0.6) is 0 Å². The van der Waals surface area contributed by atoms with Crippen LogP contribution in [0.4, 0.5) is 5.69 Å². The van der Waals surface area contributed by atoms with Crippen molar-refractivity contribution in [2.75, 3.05) is 11.4 Å². The van der Waals surface area contributed by atoms with Crippen LogP contribution in [-0.4, -0.2) is 18.6 Å². The third kappa shape index (κ3) is 3.26. The number of anilines is 1. The molecule has 18 heavy (non-hydrogen) atoms. The number of aryl methyl sites for hydroxylation is 1. The second kappa shape index (κ2) is 5.75. The van der Waals surface area contributed by atoms with Gasteiger partial charge in [-0.2, -0.15) is 0 Å². The summed E-state index contributed by atoms with van der Waals surface area (Å²) in [6, 6.07) is 7.84. The van der Waals surface area contributed by atoms with Crippen LogP contribution >= 0.6 is 0 Å². The number of hydrogen-bond donors (Lipinski definition) is 1. The van der Waals surface area contributed by atoms with Crippen LogP contribution in [0.15, 0.2) is 18.2 Å². The Morgan fingerprint density at radius 1 is 1.39 bits per heavy atom. The van der Waals surface area contributed by atoms with E-state index in [2.05, 4.69) is 43.9 Å². The van der Waals surface area contributed by atoms with Gasteiger partial charge in [0.1, 0.15) is 0 Å². The minimum atomic E-state index is 0.230. The standard InChI is InChI=1S/C16H26N2/c1-4-9-18(15-6-7-15)16-8-5-12(2)10-14(16)11-13(3)17/h5,8,10,13,15H,4,6-7,9,11,17H2,1-3H3. The van der Waals surface area contributed by atoms with Crippen molar-refractivity contribution >= 4 is 5.69 Å². The largest absolute Gasteiger partial charge is 0.368 e.